The van der Waals surface area contributed by atoms with Crippen molar-refractivity contribution in [2.24, 2.45) is 10.9 Å². The number of carboxylic acid groups (broad SMARTS) is 1. The van der Waals surface area contributed by atoms with Crippen LogP contribution in [-0.4, -0.2) is 60.1 Å². The number of aryl methyl sites for hydroxylation is 1. The fourth-order valence-corrected chi connectivity index (χ4v) is 5.50. The Labute approximate surface area is 187 Å². The second-order valence-electron chi connectivity index (χ2n) is 7.52. The lowest BCUT2D eigenvalue weighted by Crippen LogP contribution is -2.42. The third-order valence-corrected chi connectivity index (χ3v) is 7.11. The number of nitrogens with zero attached hydrogens (tertiary/aromatic N) is 4. The zero-order valence-electron chi connectivity index (χ0n) is 17.6. The van der Waals surface area contributed by atoms with E-state index in [1.54, 1.807) is 19.2 Å². The number of hydrogen-bond acceptors (Lipinski definition) is 8. The van der Waals surface area contributed by atoms with Crippen LogP contribution in [0.5, 0.6) is 5.88 Å². The van der Waals surface area contributed by atoms with Crippen molar-refractivity contribution in [2.75, 3.05) is 44.0 Å². The summed E-state index contributed by atoms with van der Waals surface area (Å²) in [5.74, 6) is -1.13. The lowest BCUT2D eigenvalue weighted by molar-refractivity contribution is 0.200. The molecule has 3 N–H and O–H groups in total. The number of thioether (sulfide) groups is 1. The fourth-order valence-electron chi connectivity index (χ4n) is 4.08. The third kappa shape index (κ3) is 3.78. The number of hydrogen-bond donors (Lipinski definition) is 3. The number of carbonyl (C=O) groups is 1. The largest absolute Gasteiger partial charge is 0.479 e. The van der Waals surface area contributed by atoms with E-state index in [0.717, 1.165) is 5.69 Å². The normalized spacial score (nSPS) is 22.2. The molecule has 4 rings (SSSR count). The highest BCUT2D eigenvalue weighted by Crippen LogP contribution is 2.52. The molecule has 1 aromatic heterocycles. The van der Waals surface area contributed by atoms with Gasteiger partial charge in [-0.3, -0.25) is 10.3 Å². The highest BCUT2D eigenvalue weighted by atomic mass is 32.2. The Morgan fingerprint density at radius 2 is 2.16 bits per heavy atom. The number of ether oxygens (including phenoxy) is 1. The molecule has 32 heavy (non-hydrogen) atoms. The van der Waals surface area contributed by atoms with Crippen LogP contribution in [0.1, 0.15) is 11.3 Å². The Kier molecular flexibility index (Phi) is 5.80. The lowest BCUT2D eigenvalue weighted by atomic mass is 9.87. The van der Waals surface area contributed by atoms with Gasteiger partial charge in [0.1, 0.15) is 5.82 Å². The van der Waals surface area contributed by atoms with Gasteiger partial charge in [-0.2, -0.15) is 9.37 Å². The summed E-state index contributed by atoms with van der Waals surface area (Å²) in [4.78, 5) is 25.9. The van der Waals surface area contributed by atoms with Crippen LogP contribution < -0.4 is 20.3 Å². The molecule has 1 aromatic carbocycles. The predicted molar refractivity (Wildman–Crippen MR) is 118 cm³/mol. The maximum atomic E-state index is 15.1. The van der Waals surface area contributed by atoms with Crippen LogP contribution in [0.4, 0.5) is 25.2 Å². The molecule has 0 unspecified atom stereocenters. The second-order valence-corrected chi connectivity index (χ2v) is 8.84. The number of fused-ring (bicyclic) bond motifs is 1. The number of amidine groups is 1. The van der Waals surface area contributed by atoms with Crippen molar-refractivity contribution in [1.82, 2.24) is 15.3 Å². The van der Waals surface area contributed by atoms with E-state index < -0.39 is 22.5 Å². The van der Waals surface area contributed by atoms with Gasteiger partial charge in [-0.25, -0.2) is 14.2 Å². The Bertz CT molecular complexity index is 1100. The van der Waals surface area contributed by atoms with Crippen molar-refractivity contribution >= 4 is 34.7 Å². The first-order valence-corrected chi connectivity index (χ1v) is 10.6. The SMILES string of the molecule is CNc1ccc(F)c([C@]23CN(c4nc(C)c(F)c(OC)n4)C[C@@H]2CN=C(NC(=O)O)S3)c1. The van der Waals surface area contributed by atoms with Crippen LogP contribution in [0.3, 0.4) is 0 Å². The van der Waals surface area contributed by atoms with E-state index in [1.165, 1.54) is 31.9 Å². The summed E-state index contributed by atoms with van der Waals surface area (Å²) in [7, 11) is 3.06. The van der Waals surface area contributed by atoms with E-state index in [2.05, 4.69) is 25.6 Å². The Morgan fingerprint density at radius 3 is 2.84 bits per heavy atom. The van der Waals surface area contributed by atoms with Gasteiger partial charge in [-0.05, 0) is 25.1 Å². The molecule has 2 aromatic rings. The number of aliphatic imine (C=N–C) groups is 1. The van der Waals surface area contributed by atoms with E-state index in [1.807, 2.05) is 4.90 Å². The first-order valence-electron chi connectivity index (χ1n) is 9.81. The van der Waals surface area contributed by atoms with Crippen molar-refractivity contribution in [3.8, 4) is 5.88 Å². The maximum absolute atomic E-state index is 15.1. The molecule has 1 fully saturated rings. The summed E-state index contributed by atoms with van der Waals surface area (Å²) in [5, 5.41) is 14.7. The van der Waals surface area contributed by atoms with Crippen molar-refractivity contribution in [3.63, 3.8) is 0 Å². The van der Waals surface area contributed by atoms with Crippen molar-refractivity contribution in [3.05, 3.63) is 41.1 Å². The van der Waals surface area contributed by atoms with Gasteiger partial charge in [0.15, 0.2) is 5.17 Å². The quantitative estimate of drug-likeness (QED) is 0.633. The lowest BCUT2D eigenvalue weighted by Gasteiger charge is -2.37. The molecular weight excluding hydrogens is 442 g/mol. The minimum atomic E-state index is -1.24. The van der Waals surface area contributed by atoms with Gasteiger partial charge in [-0.15, -0.1) is 0 Å². The molecule has 0 bridgehead atoms. The molecule has 2 atom stereocenters. The van der Waals surface area contributed by atoms with E-state index in [-0.39, 0.29) is 41.7 Å². The molecule has 0 radical (unpaired) electrons. The molecule has 12 heteroatoms. The Hall–Kier alpha value is -3.15. The van der Waals surface area contributed by atoms with Crippen LogP contribution in [0.2, 0.25) is 0 Å². The van der Waals surface area contributed by atoms with Gasteiger partial charge in [0.25, 0.3) is 5.88 Å². The topological polar surface area (TPSA) is 112 Å². The average Bonchev–Trinajstić information content (AvgIpc) is 3.15. The van der Waals surface area contributed by atoms with Crippen LogP contribution in [-0.2, 0) is 4.75 Å². The number of aromatic nitrogens is 2. The molecule has 1 amide bonds. The number of benzene rings is 1. The van der Waals surface area contributed by atoms with E-state index in [4.69, 9.17) is 4.74 Å². The molecule has 2 aliphatic rings. The number of anilines is 2. The zero-order chi connectivity index (χ0) is 23.0. The molecule has 170 valence electrons. The summed E-state index contributed by atoms with van der Waals surface area (Å²) in [6.45, 7) is 2.49. The van der Waals surface area contributed by atoms with E-state index >= 15 is 4.39 Å². The van der Waals surface area contributed by atoms with Gasteiger partial charge in [0.05, 0.1) is 17.6 Å². The van der Waals surface area contributed by atoms with Crippen LogP contribution in [0, 0.1) is 24.5 Å². The van der Waals surface area contributed by atoms with Crippen molar-refractivity contribution < 1.29 is 23.4 Å². The highest BCUT2D eigenvalue weighted by molar-refractivity contribution is 8.14. The van der Waals surface area contributed by atoms with E-state index in [0.29, 0.717) is 12.1 Å². The van der Waals surface area contributed by atoms with E-state index in [9.17, 15) is 14.3 Å². The number of nitrogens with one attached hydrogen (secondary N) is 2. The minimum absolute atomic E-state index is 0.135. The molecule has 0 spiro atoms. The number of halogens is 2. The molecule has 2 aliphatic heterocycles. The third-order valence-electron chi connectivity index (χ3n) is 5.64. The molecule has 9 nitrogen and oxygen atoms in total. The molecule has 3 heterocycles. The van der Waals surface area contributed by atoms with Crippen molar-refractivity contribution in [1.29, 1.82) is 0 Å². The predicted octanol–water partition coefficient (Wildman–Crippen LogP) is 2.82. The van der Waals surface area contributed by atoms with Crippen LogP contribution in [0.25, 0.3) is 0 Å². The minimum Gasteiger partial charge on any atom is -0.479 e. The number of amides is 1. The monoisotopic (exact) mass is 464 g/mol. The highest BCUT2D eigenvalue weighted by Gasteiger charge is 2.53. The van der Waals surface area contributed by atoms with Crippen LogP contribution in [0.15, 0.2) is 23.2 Å². The van der Waals surface area contributed by atoms with Gasteiger partial charge >= 0.3 is 6.09 Å². The Balaban J connectivity index is 1.79. The van der Waals surface area contributed by atoms with Gasteiger partial charge < -0.3 is 20.1 Å². The van der Waals surface area contributed by atoms with Gasteiger partial charge in [0, 0.05) is 43.9 Å². The molecule has 0 saturated carbocycles. The summed E-state index contributed by atoms with van der Waals surface area (Å²) in [6, 6.07) is 4.74. The average molecular weight is 464 g/mol. The second kappa shape index (κ2) is 8.41. The summed E-state index contributed by atoms with van der Waals surface area (Å²) >= 11 is 1.17. The fraction of sp³-hybridized carbons (Fsp3) is 0.400. The number of methoxy groups -OCH3 is 1. The first-order chi connectivity index (χ1) is 15.3. The molecular formula is C20H22F2N6O3S. The summed E-state index contributed by atoms with van der Waals surface area (Å²) < 4.78 is 33.5. The molecule has 0 aliphatic carbocycles. The standard InChI is InChI=1S/C20H22F2N6O3S/c1-10-15(22)16(31-3)26-17(25-10)28-8-11-7-24-18(27-19(29)30)32-20(11,9-28)13-6-12(23-2)4-5-14(13)21/h4-6,11,23H,7-9H2,1-3H3,(H,24,27)(H,29,30)/t11-,20-/m0/s1. The van der Waals surface area contributed by atoms with Crippen molar-refractivity contribution in [2.45, 2.75) is 11.7 Å². The molecule has 1 saturated heterocycles. The van der Waals surface area contributed by atoms with Gasteiger partial charge in [-0.1, -0.05) is 11.8 Å². The summed E-state index contributed by atoms with van der Waals surface area (Å²) in [6.07, 6.45) is -1.24. The maximum Gasteiger partial charge on any atom is 0.410 e. The first kappa shape index (κ1) is 22.1. The zero-order valence-corrected chi connectivity index (χ0v) is 18.5. The van der Waals surface area contributed by atoms with Crippen LogP contribution >= 0.6 is 11.8 Å². The smallest absolute Gasteiger partial charge is 0.410 e. The summed E-state index contributed by atoms with van der Waals surface area (Å²) in [5.41, 5.74) is 1.28. The Morgan fingerprint density at radius 1 is 1.38 bits per heavy atom. The number of rotatable bonds is 4. The van der Waals surface area contributed by atoms with Gasteiger partial charge in [0.2, 0.25) is 11.8 Å².